The smallest absolute Gasteiger partial charge is 0.420 e. The maximum atomic E-state index is 13.7. The fourth-order valence-corrected chi connectivity index (χ4v) is 3.18. The number of methoxy groups -OCH3 is 1. The number of nitrogens with zero attached hydrogens (tertiary/aromatic N) is 2. The van der Waals surface area contributed by atoms with Crippen LogP contribution in [0.25, 0.3) is 10.9 Å². The van der Waals surface area contributed by atoms with Crippen molar-refractivity contribution in [1.82, 2.24) is 9.47 Å². The molecule has 0 saturated carbocycles. The van der Waals surface area contributed by atoms with Gasteiger partial charge in [-0.25, -0.2) is 18.8 Å². The Morgan fingerprint density at radius 3 is 2.03 bits per heavy atom. The number of imide groups is 1. The van der Waals surface area contributed by atoms with Gasteiger partial charge in [-0.2, -0.15) is 4.90 Å². The summed E-state index contributed by atoms with van der Waals surface area (Å²) in [6.45, 7) is 9.86. The Labute approximate surface area is 187 Å². The third kappa shape index (κ3) is 6.21. The Hall–Kier alpha value is -3.10. The van der Waals surface area contributed by atoms with E-state index in [2.05, 4.69) is 0 Å². The van der Waals surface area contributed by atoms with Crippen molar-refractivity contribution in [3.05, 3.63) is 35.8 Å². The van der Waals surface area contributed by atoms with Crippen molar-refractivity contribution in [2.24, 2.45) is 7.05 Å². The van der Waals surface area contributed by atoms with Crippen LogP contribution < -0.4 is 0 Å². The molecule has 1 aromatic heterocycles. The van der Waals surface area contributed by atoms with Gasteiger partial charge in [-0.3, -0.25) is 0 Å². The first-order chi connectivity index (χ1) is 14.6. The van der Waals surface area contributed by atoms with E-state index in [0.717, 1.165) is 7.11 Å². The number of hydrogen-bond acceptors (Lipinski definition) is 6. The molecule has 0 spiro atoms. The number of ether oxygens (including phenoxy) is 3. The lowest BCUT2D eigenvalue weighted by atomic mass is 10.0. The van der Waals surface area contributed by atoms with Gasteiger partial charge in [0.15, 0.2) is 0 Å². The molecule has 0 saturated heterocycles. The minimum absolute atomic E-state index is 0.0753. The molecule has 2 amide bonds. The van der Waals surface area contributed by atoms with Crippen LogP contribution in [-0.2, 0) is 32.5 Å². The first-order valence-electron chi connectivity index (χ1n) is 10.2. The molecule has 0 fully saturated rings. The molecule has 0 aliphatic heterocycles. The van der Waals surface area contributed by atoms with E-state index in [1.807, 2.05) is 0 Å². The van der Waals surface area contributed by atoms with Crippen molar-refractivity contribution in [2.75, 3.05) is 7.11 Å². The maximum Gasteiger partial charge on any atom is 0.420 e. The van der Waals surface area contributed by atoms with Crippen molar-refractivity contribution in [3.8, 4) is 0 Å². The number of aromatic nitrogens is 1. The summed E-state index contributed by atoms with van der Waals surface area (Å²) in [5.74, 6) is -1.22. The first kappa shape index (κ1) is 25.2. The van der Waals surface area contributed by atoms with Crippen LogP contribution in [0.3, 0.4) is 0 Å². The maximum absolute atomic E-state index is 13.7. The number of fused-ring (bicyclic) bond motifs is 1. The summed E-state index contributed by atoms with van der Waals surface area (Å²) in [6, 6.07) is 2.89. The summed E-state index contributed by atoms with van der Waals surface area (Å²) in [6.07, 6.45) is -0.432. The molecule has 0 aliphatic rings. The number of rotatable bonds is 4. The van der Waals surface area contributed by atoms with Crippen LogP contribution in [0.4, 0.5) is 14.0 Å². The highest BCUT2D eigenvalue weighted by atomic mass is 19.1. The van der Waals surface area contributed by atoms with E-state index in [9.17, 15) is 18.8 Å². The zero-order valence-electron chi connectivity index (χ0n) is 19.8. The summed E-state index contributed by atoms with van der Waals surface area (Å²) in [5.41, 5.74) is -0.621. The van der Waals surface area contributed by atoms with Crippen molar-refractivity contribution < 1.29 is 33.0 Å². The molecule has 1 atom stereocenters. The summed E-state index contributed by atoms with van der Waals surface area (Å²) in [4.78, 5) is 39.4. The second kappa shape index (κ2) is 9.18. The fourth-order valence-electron chi connectivity index (χ4n) is 3.18. The third-order valence-corrected chi connectivity index (χ3v) is 4.41. The lowest BCUT2D eigenvalue weighted by Crippen LogP contribution is -2.53. The van der Waals surface area contributed by atoms with Crippen LogP contribution in [-0.4, -0.2) is 52.0 Å². The second-order valence-electron chi connectivity index (χ2n) is 9.50. The number of halogens is 1. The highest BCUT2D eigenvalue weighted by molar-refractivity contribution is 5.95. The lowest BCUT2D eigenvalue weighted by molar-refractivity contribution is -0.146. The average Bonchev–Trinajstić information content (AvgIpc) is 2.92. The molecule has 0 aliphatic carbocycles. The molecule has 176 valence electrons. The number of carbonyl (C=O) groups is 3. The Morgan fingerprint density at radius 1 is 1.03 bits per heavy atom. The van der Waals surface area contributed by atoms with Crippen LogP contribution in [0.15, 0.2) is 24.4 Å². The summed E-state index contributed by atoms with van der Waals surface area (Å²) in [7, 11) is 2.90. The minimum Gasteiger partial charge on any atom is -0.467 e. The van der Waals surface area contributed by atoms with Crippen LogP contribution in [0, 0.1) is 5.82 Å². The average molecular weight is 451 g/mol. The number of hydrogen-bond donors (Lipinski definition) is 0. The Kier molecular flexibility index (Phi) is 7.22. The molecule has 1 unspecified atom stereocenters. The predicted octanol–water partition coefficient (Wildman–Crippen LogP) is 4.57. The Bertz CT molecular complexity index is 988. The highest BCUT2D eigenvalue weighted by Gasteiger charge is 2.41. The van der Waals surface area contributed by atoms with Gasteiger partial charge in [0.1, 0.15) is 23.1 Å². The molecule has 1 heterocycles. The van der Waals surface area contributed by atoms with Crippen molar-refractivity contribution >= 4 is 29.1 Å². The zero-order chi connectivity index (χ0) is 24.4. The molecule has 32 heavy (non-hydrogen) atoms. The molecule has 0 radical (unpaired) electrons. The molecular weight excluding hydrogens is 419 g/mol. The van der Waals surface area contributed by atoms with Gasteiger partial charge in [0.2, 0.25) is 0 Å². The van der Waals surface area contributed by atoms with E-state index in [1.165, 1.54) is 12.1 Å². The van der Waals surface area contributed by atoms with E-state index in [0.29, 0.717) is 21.4 Å². The number of benzene rings is 1. The van der Waals surface area contributed by atoms with Gasteiger partial charge in [-0.15, -0.1) is 0 Å². The van der Waals surface area contributed by atoms with Gasteiger partial charge >= 0.3 is 18.2 Å². The van der Waals surface area contributed by atoms with E-state index in [-0.39, 0.29) is 6.42 Å². The van der Waals surface area contributed by atoms with Crippen LogP contribution in [0.5, 0.6) is 0 Å². The number of carbonyl (C=O) groups excluding carboxylic acids is 3. The summed E-state index contributed by atoms with van der Waals surface area (Å²) >= 11 is 0. The zero-order valence-corrected chi connectivity index (χ0v) is 19.8. The highest BCUT2D eigenvalue weighted by Crippen LogP contribution is 2.26. The van der Waals surface area contributed by atoms with E-state index in [1.54, 1.807) is 65.4 Å². The Balaban J connectivity index is 2.55. The van der Waals surface area contributed by atoms with Gasteiger partial charge in [0.25, 0.3) is 0 Å². The lowest BCUT2D eigenvalue weighted by Gasteiger charge is -2.32. The molecule has 0 bridgehead atoms. The summed E-state index contributed by atoms with van der Waals surface area (Å²) < 4.78 is 31.1. The van der Waals surface area contributed by atoms with Gasteiger partial charge < -0.3 is 18.8 Å². The van der Waals surface area contributed by atoms with Crippen LogP contribution in [0.2, 0.25) is 0 Å². The molecule has 2 aromatic rings. The van der Waals surface area contributed by atoms with E-state index >= 15 is 0 Å². The number of esters is 1. The first-order valence-corrected chi connectivity index (χ1v) is 10.2. The molecule has 1 aromatic carbocycles. The largest absolute Gasteiger partial charge is 0.467 e. The molecule has 9 heteroatoms. The van der Waals surface area contributed by atoms with E-state index in [4.69, 9.17) is 14.2 Å². The number of amides is 2. The SMILES string of the molecule is COC(=O)C(Cc1cn(C)c2cc(F)ccc12)N(C(=O)OC(C)(C)C)C(=O)OC(C)(C)C. The second-order valence-corrected chi connectivity index (χ2v) is 9.50. The number of aryl methyl sites for hydroxylation is 1. The topological polar surface area (TPSA) is 87.1 Å². The van der Waals surface area contributed by atoms with Gasteiger partial charge in [0, 0.05) is 25.1 Å². The minimum atomic E-state index is -1.36. The summed E-state index contributed by atoms with van der Waals surface area (Å²) in [5, 5.41) is 0.677. The van der Waals surface area contributed by atoms with E-state index < -0.39 is 41.2 Å². The van der Waals surface area contributed by atoms with Crippen LogP contribution >= 0.6 is 0 Å². The monoisotopic (exact) mass is 450 g/mol. The van der Waals surface area contributed by atoms with Gasteiger partial charge in [0.05, 0.1) is 12.6 Å². The van der Waals surface area contributed by atoms with Crippen molar-refractivity contribution in [1.29, 1.82) is 0 Å². The molecule has 2 rings (SSSR count). The van der Waals surface area contributed by atoms with Crippen molar-refractivity contribution in [3.63, 3.8) is 0 Å². The molecule has 8 nitrogen and oxygen atoms in total. The molecule has 0 N–H and O–H groups in total. The fraction of sp³-hybridized carbons (Fsp3) is 0.522. The van der Waals surface area contributed by atoms with Crippen molar-refractivity contribution in [2.45, 2.75) is 65.2 Å². The third-order valence-electron chi connectivity index (χ3n) is 4.41. The normalized spacial score (nSPS) is 12.9. The Morgan fingerprint density at radius 2 is 1.56 bits per heavy atom. The molecular formula is C23H31FN2O6. The van der Waals surface area contributed by atoms with Gasteiger partial charge in [-0.1, -0.05) is 0 Å². The predicted molar refractivity (Wildman–Crippen MR) is 117 cm³/mol. The standard InChI is InChI=1S/C23H31FN2O6/c1-22(2,3)31-20(28)26(21(29)32-23(4,5)6)18(19(27)30-8)11-14-13-25(7)17-12-15(24)9-10-16(14)17/h9-10,12-13,18H,11H2,1-8H3. The quantitative estimate of drug-likeness (QED) is 0.501. The van der Waals surface area contributed by atoms with Gasteiger partial charge in [-0.05, 0) is 65.3 Å². The van der Waals surface area contributed by atoms with Crippen LogP contribution in [0.1, 0.15) is 47.1 Å².